The molecule has 0 bridgehead atoms. The molecule has 1 heterocycles. The van der Waals surface area contributed by atoms with E-state index in [1.165, 1.54) is 18.3 Å². The molecule has 1 amide bonds. The molecule has 2 N–H and O–H groups in total. The standard InChI is InChI=1S/C17H12BrFN4O/c18-13-5-3-12(4-6-13)15-9-16(22-21-15)17(24)23-20-10-11-1-7-14(19)8-2-11/h1-10H,(H,21,22)(H,23,24). The van der Waals surface area contributed by atoms with Crippen LogP contribution in [-0.2, 0) is 0 Å². The van der Waals surface area contributed by atoms with E-state index in [9.17, 15) is 9.18 Å². The number of amides is 1. The zero-order valence-electron chi connectivity index (χ0n) is 12.3. The normalized spacial score (nSPS) is 10.9. The van der Waals surface area contributed by atoms with Crippen molar-refractivity contribution >= 4 is 28.1 Å². The molecule has 120 valence electrons. The van der Waals surface area contributed by atoms with Crippen LogP contribution < -0.4 is 5.43 Å². The highest BCUT2D eigenvalue weighted by molar-refractivity contribution is 9.10. The van der Waals surface area contributed by atoms with Gasteiger partial charge in [-0.25, -0.2) is 9.82 Å². The van der Waals surface area contributed by atoms with Crippen molar-refractivity contribution in [1.29, 1.82) is 0 Å². The molecule has 3 aromatic rings. The van der Waals surface area contributed by atoms with E-state index < -0.39 is 5.91 Å². The van der Waals surface area contributed by atoms with Gasteiger partial charge < -0.3 is 0 Å². The van der Waals surface area contributed by atoms with Crippen molar-refractivity contribution in [3.8, 4) is 11.3 Å². The van der Waals surface area contributed by atoms with Crippen LogP contribution >= 0.6 is 15.9 Å². The molecule has 24 heavy (non-hydrogen) atoms. The lowest BCUT2D eigenvalue weighted by molar-refractivity contribution is 0.0950. The number of carbonyl (C=O) groups is 1. The lowest BCUT2D eigenvalue weighted by atomic mass is 10.1. The van der Waals surface area contributed by atoms with E-state index in [1.54, 1.807) is 18.2 Å². The van der Waals surface area contributed by atoms with E-state index in [2.05, 4.69) is 36.7 Å². The first-order chi connectivity index (χ1) is 11.6. The van der Waals surface area contributed by atoms with Crippen molar-refractivity contribution < 1.29 is 9.18 Å². The summed E-state index contributed by atoms with van der Waals surface area (Å²) in [6.07, 6.45) is 1.43. The van der Waals surface area contributed by atoms with E-state index in [0.717, 1.165) is 10.0 Å². The Morgan fingerprint density at radius 2 is 1.88 bits per heavy atom. The fourth-order valence-electron chi connectivity index (χ4n) is 1.98. The molecule has 5 nitrogen and oxygen atoms in total. The number of halogens is 2. The number of rotatable bonds is 4. The summed E-state index contributed by atoms with van der Waals surface area (Å²) in [6, 6.07) is 15.0. The lowest BCUT2D eigenvalue weighted by Gasteiger charge is -1.96. The number of aromatic amines is 1. The second kappa shape index (κ2) is 7.18. The molecule has 0 unspecified atom stereocenters. The number of nitrogens with zero attached hydrogens (tertiary/aromatic N) is 2. The molecule has 0 spiro atoms. The van der Waals surface area contributed by atoms with Gasteiger partial charge in [-0.15, -0.1) is 0 Å². The van der Waals surface area contributed by atoms with Crippen LogP contribution in [0.3, 0.4) is 0 Å². The van der Waals surface area contributed by atoms with E-state index in [-0.39, 0.29) is 5.82 Å². The van der Waals surface area contributed by atoms with E-state index in [4.69, 9.17) is 0 Å². The molecule has 0 atom stereocenters. The molecule has 3 rings (SSSR count). The van der Waals surface area contributed by atoms with Crippen LogP contribution in [-0.4, -0.2) is 22.3 Å². The zero-order chi connectivity index (χ0) is 16.9. The first-order valence-corrected chi connectivity index (χ1v) is 7.81. The summed E-state index contributed by atoms with van der Waals surface area (Å²) in [5, 5.41) is 10.6. The fourth-order valence-corrected chi connectivity index (χ4v) is 2.25. The summed E-state index contributed by atoms with van der Waals surface area (Å²) in [5.74, 6) is -0.738. The SMILES string of the molecule is O=C(NN=Cc1ccc(F)cc1)c1cc(-c2ccc(Br)cc2)n[nH]1. The summed E-state index contributed by atoms with van der Waals surface area (Å²) in [7, 11) is 0. The van der Waals surface area contributed by atoms with Crippen molar-refractivity contribution in [3.63, 3.8) is 0 Å². The smallest absolute Gasteiger partial charge is 0.272 e. The Morgan fingerprint density at radius 1 is 1.17 bits per heavy atom. The maximum absolute atomic E-state index is 12.8. The highest BCUT2D eigenvalue weighted by Crippen LogP contribution is 2.20. The Balaban J connectivity index is 1.65. The molecule has 0 fully saturated rings. The Morgan fingerprint density at radius 3 is 2.58 bits per heavy atom. The first kappa shape index (κ1) is 16.1. The maximum Gasteiger partial charge on any atom is 0.289 e. The second-order valence-corrected chi connectivity index (χ2v) is 5.84. The highest BCUT2D eigenvalue weighted by Gasteiger charge is 2.10. The van der Waals surface area contributed by atoms with Gasteiger partial charge in [-0.2, -0.15) is 10.2 Å². The van der Waals surface area contributed by atoms with Crippen LogP contribution in [0, 0.1) is 5.82 Å². The molecule has 0 radical (unpaired) electrons. The van der Waals surface area contributed by atoms with Crippen molar-refractivity contribution in [1.82, 2.24) is 15.6 Å². The van der Waals surface area contributed by atoms with Gasteiger partial charge in [-0.3, -0.25) is 9.89 Å². The number of hydrogen-bond donors (Lipinski definition) is 2. The van der Waals surface area contributed by atoms with Crippen LogP contribution in [0.25, 0.3) is 11.3 Å². The third-order valence-electron chi connectivity index (χ3n) is 3.21. The number of hydrogen-bond acceptors (Lipinski definition) is 3. The molecule has 2 aromatic carbocycles. The molecule has 0 saturated carbocycles. The van der Waals surface area contributed by atoms with Gasteiger partial charge in [-0.05, 0) is 35.9 Å². The predicted molar refractivity (Wildman–Crippen MR) is 93.2 cm³/mol. The highest BCUT2D eigenvalue weighted by atomic mass is 79.9. The van der Waals surface area contributed by atoms with Crippen molar-refractivity contribution in [2.75, 3.05) is 0 Å². The number of benzene rings is 2. The molecule has 7 heteroatoms. The molecule has 1 aromatic heterocycles. The van der Waals surface area contributed by atoms with Crippen molar-refractivity contribution in [2.24, 2.45) is 5.10 Å². The molecule has 0 aliphatic heterocycles. The monoisotopic (exact) mass is 386 g/mol. The molecule has 0 aliphatic carbocycles. The van der Waals surface area contributed by atoms with Crippen LogP contribution in [0.1, 0.15) is 16.1 Å². The van der Waals surface area contributed by atoms with Gasteiger partial charge >= 0.3 is 0 Å². The summed E-state index contributed by atoms with van der Waals surface area (Å²) in [6.45, 7) is 0. The molecule has 0 aliphatic rings. The van der Waals surface area contributed by atoms with Gasteiger partial charge in [0, 0.05) is 10.0 Å². The largest absolute Gasteiger partial charge is 0.289 e. The average molecular weight is 387 g/mol. The maximum atomic E-state index is 12.8. The number of carbonyl (C=O) groups excluding carboxylic acids is 1. The van der Waals surface area contributed by atoms with Crippen LogP contribution in [0.5, 0.6) is 0 Å². The Kier molecular flexibility index (Phi) is 4.81. The van der Waals surface area contributed by atoms with Crippen LogP contribution in [0.2, 0.25) is 0 Å². The third-order valence-corrected chi connectivity index (χ3v) is 3.74. The summed E-state index contributed by atoms with van der Waals surface area (Å²) in [4.78, 5) is 12.0. The van der Waals surface area contributed by atoms with E-state index in [0.29, 0.717) is 17.0 Å². The lowest BCUT2D eigenvalue weighted by Crippen LogP contribution is -2.17. The minimum atomic E-state index is -0.413. The third kappa shape index (κ3) is 3.94. The van der Waals surface area contributed by atoms with E-state index >= 15 is 0 Å². The number of H-pyrrole nitrogens is 1. The number of nitrogens with one attached hydrogen (secondary N) is 2. The van der Waals surface area contributed by atoms with Gasteiger partial charge in [0.25, 0.3) is 5.91 Å². The minimum absolute atomic E-state index is 0.296. The second-order valence-electron chi connectivity index (χ2n) is 4.92. The molecular weight excluding hydrogens is 375 g/mol. The zero-order valence-corrected chi connectivity index (χ0v) is 13.9. The topological polar surface area (TPSA) is 70.1 Å². The molecular formula is C17H12BrFN4O. The summed E-state index contributed by atoms with van der Waals surface area (Å²) >= 11 is 3.37. The van der Waals surface area contributed by atoms with Gasteiger partial charge in [0.05, 0.1) is 11.9 Å². The first-order valence-electron chi connectivity index (χ1n) is 7.02. The number of hydrazone groups is 1. The Hall–Kier alpha value is -2.80. The summed E-state index contributed by atoms with van der Waals surface area (Å²) in [5.41, 5.74) is 4.92. The van der Waals surface area contributed by atoms with E-state index in [1.807, 2.05) is 24.3 Å². The minimum Gasteiger partial charge on any atom is -0.272 e. The number of aromatic nitrogens is 2. The van der Waals surface area contributed by atoms with Gasteiger partial charge in [0.15, 0.2) is 0 Å². The van der Waals surface area contributed by atoms with Crippen LogP contribution in [0.15, 0.2) is 64.2 Å². The van der Waals surface area contributed by atoms with Crippen molar-refractivity contribution in [3.05, 3.63) is 76.1 Å². The Labute approximate surface area is 145 Å². The van der Waals surface area contributed by atoms with Gasteiger partial charge in [0.2, 0.25) is 0 Å². The van der Waals surface area contributed by atoms with Crippen LogP contribution in [0.4, 0.5) is 4.39 Å². The fraction of sp³-hybridized carbons (Fsp3) is 0. The molecule has 0 saturated heterocycles. The average Bonchev–Trinajstić information content (AvgIpc) is 3.07. The van der Waals surface area contributed by atoms with Gasteiger partial charge in [-0.1, -0.05) is 40.2 Å². The quantitative estimate of drug-likeness (QED) is 0.529. The summed E-state index contributed by atoms with van der Waals surface area (Å²) < 4.78 is 13.8. The van der Waals surface area contributed by atoms with Crippen molar-refractivity contribution in [2.45, 2.75) is 0 Å². The predicted octanol–water partition coefficient (Wildman–Crippen LogP) is 3.74. The Bertz CT molecular complexity index is 872. The van der Waals surface area contributed by atoms with Gasteiger partial charge in [0.1, 0.15) is 11.5 Å².